The lowest BCUT2D eigenvalue weighted by molar-refractivity contribution is -0.147. The molecule has 4 aromatic carbocycles. The first-order chi connectivity index (χ1) is 15.8. The summed E-state index contributed by atoms with van der Waals surface area (Å²) in [6.07, 6.45) is 6.96. The lowest BCUT2D eigenvalue weighted by Crippen LogP contribution is -2.13. The number of rotatable bonds is 10. The maximum absolute atomic E-state index is 12.9. The van der Waals surface area contributed by atoms with E-state index in [0.717, 1.165) is 45.5 Å². The topological polar surface area (TPSA) is 26.3 Å². The third-order valence-electron chi connectivity index (χ3n) is 6.20. The van der Waals surface area contributed by atoms with Gasteiger partial charge in [-0.25, -0.2) is 0 Å². The van der Waals surface area contributed by atoms with Crippen molar-refractivity contribution in [2.75, 3.05) is 0 Å². The van der Waals surface area contributed by atoms with Crippen LogP contribution in [0.5, 0.6) is 0 Å². The zero-order valence-electron chi connectivity index (χ0n) is 18.9. The highest BCUT2D eigenvalue weighted by Crippen LogP contribution is 2.36. The lowest BCUT2D eigenvalue weighted by Gasteiger charge is -2.22. The number of carbonyl (C=O) groups excluding carboxylic acids is 1. The third-order valence-corrected chi connectivity index (χ3v) is 6.20. The molecule has 2 nitrogen and oxygen atoms in total. The maximum atomic E-state index is 12.9. The Labute approximate surface area is 191 Å². The molecule has 0 bridgehead atoms. The van der Waals surface area contributed by atoms with Gasteiger partial charge in [0.15, 0.2) is 6.10 Å². The Kier molecular flexibility index (Phi) is 7.55. The number of ether oxygens (including phenoxy) is 1. The van der Waals surface area contributed by atoms with E-state index in [4.69, 9.17) is 4.74 Å². The van der Waals surface area contributed by atoms with Gasteiger partial charge in [0.2, 0.25) is 0 Å². The molecule has 164 valence electrons. The minimum absolute atomic E-state index is 0.119. The predicted octanol–water partition coefficient (Wildman–Crippen LogP) is 8.38. The fourth-order valence-corrected chi connectivity index (χ4v) is 4.49. The molecule has 0 radical (unpaired) electrons. The minimum Gasteiger partial charge on any atom is -0.452 e. The van der Waals surface area contributed by atoms with E-state index >= 15 is 0 Å². The summed E-state index contributed by atoms with van der Waals surface area (Å²) in [7, 11) is 0. The summed E-state index contributed by atoms with van der Waals surface area (Å²) in [5.41, 5.74) is 2.08. The number of unbranched alkanes of at least 4 members (excludes halogenated alkanes) is 5. The molecule has 0 N–H and O–H groups in total. The molecule has 0 aromatic heterocycles. The summed E-state index contributed by atoms with van der Waals surface area (Å²) in [6.45, 7) is 2.22. The summed E-state index contributed by atoms with van der Waals surface area (Å²) in [5.74, 6) is -0.119. The Morgan fingerprint density at radius 2 is 1.16 bits per heavy atom. The van der Waals surface area contributed by atoms with Gasteiger partial charge in [-0.1, -0.05) is 124 Å². The van der Waals surface area contributed by atoms with Gasteiger partial charge >= 0.3 is 5.97 Å². The molecule has 0 aliphatic heterocycles. The van der Waals surface area contributed by atoms with Crippen LogP contribution in [0.15, 0.2) is 84.9 Å². The highest BCUT2D eigenvalue weighted by molar-refractivity contribution is 5.90. The number of carbonyl (C=O) groups is 1. The first kappa shape index (κ1) is 22.1. The van der Waals surface area contributed by atoms with Gasteiger partial charge in [0, 0.05) is 17.5 Å². The van der Waals surface area contributed by atoms with E-state index in [9.17, 15) is 4.79 Å². The van der Waals surface area contributed by atoms with Crippen molar-refractivity contribution in [1.82, 2.24) is 0 Å². The first-order valence-corrected chi connectivity index (χ1v) is 11.9. The standard InChI is InChI=1S/C30H32O2/c1-2-3-4-5-6-7-22-29(31)32-30(27-20-12-16-23-14-8-10-18-25(23)27)28-21-13-17-24-15-9-11-19-26(24)28/h8-21,30H,2-7,22H2,1H3. The number of fused-ring (bicyclic) bond motifs is 2. The van der Waals surface area contributed by atoms with Crippen molar-refractivity contribution in [2.45, 2.75) is 58.0 Å². The Morgan fingerprint density at radius 3 is 1.75 bits per heavy atom. The number of benzene rings is 4. The van der Waals surface area contributed by atoms with Crippen LogP contribution in [-0.2, 0) is 9.53 Å². The van der Waals surface area contributed by atoms with Crippen molar-refractivity contribution in [1.29, 1.82) is 0 Å². The van der Waals surface area contributed by atoms with Crippen LogP contribution in [-0.4, -0.2) is 5.97 Å². The summed E-state index contributed by atoms with van der Waals surface area (Å²) in [4.78, 5) is 12.9. The van der Waals surface area contributed by atoms with Crippen LogP contribution >= 0.6 is 0 Å². The number of hydrogen-bond acceptors (Lipinski definition) is 2. The molecule has 0 spiro atoms. The van der Waals surface area contributed by atoms with Gasteiger partial charge in [-0.2, -0.15) is 0 Å². The van der Waals surface area contributed by atoms with Gasteiger partial charge in [0.25, 0.3) is 0 Å². The lowest BCUT2D eigenvalue weighted by atomic mass is 9.92. The molecule has 0 amide bonds. The highest BCUT2D eigenvalue weighted by Gasteiger charge is 2.23. The highest BCUT2D eigenvalue weighted by atomic mass is 16.5. The van der Waals surface area contributed by atoms with Crippen LogP contribution in [0.4, 0.5) is 0 Å². The Balaban J connectivity index is 1.64. The van der Waals surface area contributed by atoms with Crippen molar-refractivity contribution in [3.05, 3.63) is 96.1 Å². The van der Waals surface area contributed by atoms with Crippen LogP contribution in [0.2, 0.25) is 0 Å². The molecule has 2 heteroatoms. The van der Waals surface area contributed by atoms with Crippen LogP contribution in [0.25, 0.3) is 21.5 Å². The third kappa shape index (κ3) is 5.19. The maximum Gasteiger partial charge on any atom is 0.306 e. The Hall–Kier alpha value is -3.13. The second kappa shape index (κ2) is 10.9. The molecule has 0 aliphatic rings. The largest absolute Gasteiger partial charge is 0.452 e. The van der Waals surface area contributed by atoms with Gasteiger partial charge in [-0.15, -0.1) is 0 Å². The quantitative estimate of drug-likeness (QED) is 0.189. The molecular formula is C30H32O2. The molecular weight excluding hydrogens is 392 g/mol. The van der Waals surface area contributed by atoms with E-state index < -0.39 is 6.10 Å². The minimum atomic E-state index is -0.431. The summed E-state index contributed by atoms with van der Waals surface area (Å²) in [6, 6.07) is 29.1. The molecule has 32 heavy (non-hydrogen) atoms. The van der Waals surface area contributed by atoms with Crippen molar-refractivity contribution in [2.24, 2.45) is 0 Å². The SMILES string of the molecule is CCCCCCCCC(=O)OC(c1cccc2ccccc12)c1cccc2ccccc12. The molecule has 0 fully saturated rings. The van der Waals surface area contributed by atoms with E-state index in [1.54, 1.807) is 0 Å². The fraction of sp³-hybridized carbons (Fsp3) is 0.300. The Bertz CT molecular complexity index is 1090. The second-order valence-corrected chi connectivity index (χ2v) is 8.52. The molecule has 0 atom stereocenters. The average Bonchev–Trinajstić information content (AvgIpc) is 2.84. The Morgan fingerprint density at radius 1 is 0.656 bits per heavy atom. The van der Waals surface area contributed by atoms with Crippen LogP contribution < -0.4 is 0 Å². The summed E-state index contributed by atoms with van der Waals surface area (Å²) >= 11 is 0. The van der Waals surface area contributed by atoms with E-state index in [0.29, 0.717) is 6.42 Å². The van der Waals surface area contributed by atoms with Gasteiger partial charge in [-0.05, 0) is 28.0 Å². The number of esters is 1. The van der Waals surface area contributed by atoms with E-state index in [1.807, 2.05) is 24.3 Å². The molecule has 0 unspecified atom stereocenters. The molecule has 0 heterocycles. The smallest absolute Gasteiger partial charge is 0.306 e. The summed E-state index contributed by atoms with van der Waals surface area (Å²) in [5, 5.41) is 4.56. The van der Waals surface area contributed by atoms with Crippen molar-refractivity contribution in [3.63, 3.8) is 0 Å². The van der Waals surface area contributed by atoms with Crippen LogP contribution in [0.3, 0.4) is 0 Å². The molecule has 0 aliphatic carbocycles. The summed E-state index contributed by atoms with van der Waals surface area (Å²) < 4.78 is 6.23. The zero-order valence-corrected chi connectivity index (χ0v) is 18.9. The fourth-order valence-electron chi connectivity index (χ4n) is 4.49. The predicted molar refractivity (Wildman–Crippen MR) is 134 cm³/mol. The molecule has 0 saturated heterocycles. The molecule has 4 aromatic rings. The number of hydrogen-bond donors (Lipinski definition) is 0. The van der Waals surface area contributed by atoms with Crippen molar-refractivity contribution >= 4 is 27.5 Å². The van der Waals surface area contributed by atoms with Gasteiger partial charge in [-0.3, -0.25) is 4.79 Å². The van der Waals surface area contributed by atoms with Crippen molar-refractivity contribution < 1.29 is 9.53 Å². The van der Waals surface area contributed by atoms with Gasteiger partial charge < -0.3 is 4.74 Å². The van der Waals surface area contributed by atoms with E-state index in [2.05, 4.69) is 67.6 Å². The molecule has 4 rings (SSSR count). The van der Waals surface area contributed by atoms with Crippen LogP contribution in [0.1, 0.15) is 69.1 Å². The average molecular weight is 425 g/mol. The van der Waals surface area contributed by atoms with E-state index in [1.165, 1.54) is 25.7 Å². The van der Waals surface area contributed by atoms with Gasteiger partial charge in [0.1, 0.15) is 0 Å². The van der Waals surface area contributed by atoms with E-state index in [-0.39, 0.29) is 5.97 Å². The van der Waals surface area contributed by atoms with Crippen molar-refractivity contribution in [3.8, 4) is 0 Å². The van der Waals surface area contributed by atoms with Gasteiger partial charge in [0.05, 0.1) is 0 Å². The monoisotopic (exact) mass is 424 g/mol. The second-order valence-electron chi connectivity index (χ2n) is 8.52. The first-order valence-electron chi connectivity index (χ1n) is 11.9. The van der Waals surface area contributed by atoms with Crippen LogP contribution in [0, 0.1) is 0 Å². The molecule has 0 saturated carbocycles. The normalized spacial score (nSPS) is 11.3. The zero-order chi connectivity index (χ0) is 22.2.